The topological polar surface area (TPSA) is 120 Å². The quantitative estimate of drug-likeness (QED) is 0.612. The molecule has 2 rings (SSSR count). The summed E-state index contributed by atoms with van der Waals surface area (Å²) in [7, 11) is 0. The number of aromatic nitrogens is 4. The normalized spacial score (nSPS) is 13.3. The Balaban J connectivity index is 2.49. The molecule has 0 fully saturated rings. The van der Waals surface area contributed by atoms with Gasteiger partial charge in [-0.2, -0.15) is 0 Å². The zero-order chi connectivity index (χ0) is 13.3. The van der Waals surface area contributed by atoms with Gasteiger partial charge in [0, 0.05) is 12.5 Å². The Hall–Kier alpha value is -1.89. The van der Waals surface area contributed by atoms with Crippen LogP contribution >= 0.6 is 0 Å². The molecule has 7 nitrogen and oxygen atoms in total. The Morgan fingerprint density at radius 3 is 2.56 bits per heavy atom. The van der Waals surface area contributed by atoms with Gasteiger partial charge in [0.25, 0.3) is 5.56 Å². The Morgan fingerprint density at radius 2 is 1.94 bits per heavy atom. The minimum absolute atomic E-state index is 0.0558. The first-order valence-electron chi connectivity index (χ1n) is 5.93. The Labute approximate surface area is 103 Å². The van der Waals surface area contributed by atoms with Gasteiger partial charge in [-0.1, -0.05) is 13.8 Å². The number of nitrogens with two attached hydrogens (primary N) is 1. The molecule has 0 saturated carbocycles. The summed E-state index contributed by atoms with van der Waals surface area (Å²) in [6.45, 7) is 4.64. The van der Waals surface area contributed by atoms with Crippen LogP contribution in [-0.2, 0) is 0 Å². The molecule has 2 aromatic heterocycles. The fourth-order valence-electron chi connectivity index (χ4n) is 2.03. The molecular formula is C11H17N5O2. The zero-order valence-corrected chi connectivity index (χ0v) is 10.4. The molecule has 0 spiro atoms. The highest BCUT2D eigenvalue weighted by atomic mass is 16.2. The van der Waals surface area contributed by atoms with E-state index >= 15 is 0 Å². The van der Waals surface area contributed by atoms with E-state index in [9.17, 15) is 9.59 Å². The number of nitrogens with one attached hydrogen (secondary N) is 3. The van der Waals surface area contributed by atoms with Crippen LogP contribution in [0.15, 0.2) is 9.59 Å². The lowest BCUT2D eigenvalue weighted by Gasteiger charge is -2.13. The summed E-state index contributed by atoms with van der Waals surface area (Å²) < 4.78 is 0. The summed E-state index contributed by atoms with van der Waals surface area (Å²) in [5.41, 5.74) is 5.27. The molecule has 18 heavy (non-hydrogen) atoms. The standard InChI is InChI=1S/C11H17N5O2/c1-5(2)3-6(4-12)8-13-7-9(14-8)15-11(18)16-10(7)17/h5-6H,3-4,12H2,1-2H3,(H3,13,14,15,16,17,18). The number of hydrogen-bond donors (Lipinski definition) is 4. The number of H-pyrrole nitrogens is 3. The van der Waals surface area contributed by atoms with Crippen molar-refractivity contribution < 1.29 is 0 Å². The molecule has 5 N–H and O–H groups in total. The molecule has 0 aliphatic rings. The second-order valence-electron chi connectivity index (χ2n) is 4.82. The second-order valence-corrected chi connectivity index (χ2v) is 4.82. The Bertz CT molecular complexity index is 651. The van der Waals surface area contributed by atoms with E-state index < -0.39 is 11.2 Å². The first-order valence-corrected chi connectivity index (χ1v) is 5.93. The number of hydrogen-bond acceptors (Lipinski definition) is 4. The Morgan fingerprint density at radius 1 is 1.22 bits per heavy atom. The average Bonchev–Trinajstić information content (AvgIpc) is 2.69. The van der Waals surface area contributed by atoms with Gasteiger partial charge < -0.3 is 10.7 Å². The molecule has 0 radical (unpaired) electrons. The van der Waals surface area contributed by atoms with E-state index in [4.69, 9.17) is 5.73 Å². The summed E-state index contributed by atoms with van der Waals surface area (Å²) in [5.74, 6) is 1.18. The van der Waals surface area contributed by atoms with E-state index in [-0.39, 0.29) is 17.1 Å². The first kappa shape index (κ1) is 12.6. The maximum absolute atomic E-state index is 11.6. The van der Waals surface area contributed by atoms with Crippen molar-refractivity contribution in [2.45, 2.75) is 26.2 Å². The van der Waals surface area contributed by atoms with Crippen LogP contribution in [0.5, 0.6) is 0 Å². The van der Waals surface area contributed by atoms with Crippen LogP contribution in [0.1, 0.15) is 32.0 Å². The van der Waals surface area contributed by atoms with Crippen molar-refractivity contribution in [3.05, 3.63) is 26.7 Å². The van der Waals surface area contributed by atoms with Gasteiger partial charge >= 0.3 is 5.69 Å². The summed E-state index contributed by atoms with van der Waals surface area (Å²) in [5, 5.41) is 0. The van der Waals surface area contributed by atoms with Crippen molar-refractivity contribution in [1.29, 1.82) is 0 Å². The lowest BCUT2D eigenvalue weighted by molar-refractivity contribution is 0.491. The highest BCUT2D eigenvalue weighted by Gasteiger charge is 2.17. The van der Waals surface area contributed by atoms with Gasteiger partial charge in [-0.05, 0) is 12.3 Å². The molecule has 1 atom stereocenters. The van der Waals surface area contributed by atoms with E-state index in [1.165, 1.54) is 0 Å². The van der Waals surface area contributed by atoms with Gasteiger partial charge in [0.05, 0.1) is 0 Å². The van der Waals surface area contributed by atoms with Gasteiger partial charge in [0.1, 0.15) is 11.3 Å². The van der Waals surface area contributed by atoms with Crippen molar-refractivity contribution >= 4 is 11.2 Å². The van der Waals surface area contributed by atoms with E-state index in [1.807, 2.05) is 0 Å². The van der Waals surface area contributed by atoms with Crippen LogP contribution in [0.4, 0.5) is 0 Å². The minimum atomic E-state index is -0.557. The van der Waals surface area contributed by atoms with Gasteiger partial charge in [-0.15, -0.1) is 0 Å². The summed E-state index contributed by atoms with van der Waals surface area (Å²) in [4.78, 5) is 34.5. The van der Waals surface area contributed by atoms with E-state index in [0.29, 0.717) is 18.3 Å². The van der Waals surface area contributed by atoms with Gasteiger partial charge in [-0.25, -0.2) is 9.78 Å². The molecule has 2 heterocycles. The highest BCUT2D eigenvalue weighted by Crippen LogP contribution is 2.21. The molecule has 0 aliphatic carbocycles. The van der Waals surface area contributed by atoms with Gasteiger partial charge in [-0.3, -0.25) is 14.8 Å². The molecule has 7 heteroatoms. The SMILES string of the molecule is CC(C)CC(CN)c1nc2[nH]c(=O)[nH]c(=O)c2[nH]1. The molecule has 1 unspecified atom stereocenters. The second kappa shape index (κ2) is 4.77. The molecule has 0 bridgehead atoms. The maximum atomic E-state index is 11.6. The number of fused-ring (bicyclic) bond motifs is 1. The summed E-state index contributed by atoms with van der Waals surface area (Å²) >= 11 is 0. The molecule has 0 aromatic carbocycles. The predicted octanol–water partition coefficient (Wildman–Crippen LogP) is 0.0279. The molecular weight excluding hydrogens is 234 g/mol. The van der Waals surface area contributed by atoms with Crippen LogP contribution in [0, 0.1) is 5.92 Å². The fraction of sp³-hybridized carbons (Fsp3) is 0.545. The minimum Gasteiger partial charge on any atom is -0.336 e. The smallest absolute Gasteiger partial charge is 0.327 e. The van der Waals surface area contributed by atoms with Gasteiger partial charge in [0.2, 0.25) is 0 Å². The zero-order valence-electron chi connectivity index (χ0n) is 10.4. The predicted molar refractivity (Wildman–Crippen MR) is 68.6 cm³/mol. The molecule has 0 saturated heterocycles. The third kappa shape index (κ3) is 2.35. The third-order valence-electron chi connectivity index (χ3n) is 2.84. The maximum Gasteiger partial charge on any atom is 0.327 e. The molecule has 2 aromatic rings. The van der Waals surface area contributed by atoms with E-state index in [0.717, 1.165) is 6.42 Å². The lowest BCUT2D eigenvalue weighted by atomic mass is 9.97. The van der Waals surface area contributed by atoms with Crippen LogP contribution < -0.4 is 17.0 Å². The third-order valence-corrected chi connectivity index (χ3v) is 2.84. The molecule has 98 valence electrons. The number of nitrogens with zero attached hydrogens (tertiary/aromatic N) is 1. The van der Waals surface area contributed by atoms with Crippen LogP contribution in [0.3, 0.4) is 0 Å². The van der Waals surface area contributed by atoms with Crippen LogP contribution in [-0.4, -0.2) is 26.5 Å². The lowest BCUT2D eigenvalue weighted by Crippen LogP contribution is -2.21. The van der Waals surface area contributed by atoms with Crippen LogP contribution in [0.25, 0.3) is 11.2 Å². The number of imidazole rings is 1. The van der Waals surface area contributed by atoms with Crippen molar-refractivity contribution in [2.75, 3.05) is 6.54 Å². The molecule has 0 amide bonds. The summed E-state index contributed by atoms with van der Waals surface area (Å²) in [6.07, 6.45) is 0.873. The van der Waals surface area contributed by atoms with E-state index in [1.54, 1.807) is 0 Å². The average molecular weight is 251 g/mol. The first-order chi connectivity index (χ1) is 8.51. The summed E-state index contributed by atoms with van der Waals surface area (Å²) in [6, 6.07) is 0. The highest BCUT2D eigenvalue weighted by molar-refractivity contribution is 5.68. The number of rotatable bonds is 4. The fourth-order valence-corrected chi connectivity index (χ4v) is 2.03. The van der Waals surface area contributed by atoms with Crippen molar-refractivity contribution in [3.63, 3.8) is 0 Å². The monoisotopic (exact) mass is 251 g/mol. The Kier molecular flexibility index (Phi) is 3.33. The van der Waals surface area contributed by atoms with Gasteiger partial charge in [0.15, 0.2) is 5.65 Å². The van der Waals surface area contributed by atoms with E-state index in [2.05, 4.69) is 33.8 Å². The van der Waals surface area contributed by atoms with Crippen molar-refractivity contribution in [2.24, 2.45) is 11.7 Å². The number of aromatic amines is 3. The molecule has 0 aliphatic heterocycles. The largest absolute Gasteiger partial charge is 0.336 e. The van der Waals surface area contributed by atoms with Crippen LogP contribution in [0.2, 0.25) is 0 Å². The van der Waals surface area contributed by atoms with Crippen molar-refractivity contribution in [3.8, 4) is 0 Å². The van der Waals surface area contributed by atoms with Crippen molar-refractivity contribution in [1.82, 2.24) is 19.9 Å².